The molecule has 6 nitrogen and oxygen atoms in total. The lowest BCUT2D eigenvalue weighted by Gasteiger charge is -2.13. The van der Waals surface area contributed by atoms with Gasteiger partial charge in [0.1, 0.15) is 5.76 Å². The van der Waals surface area contributed by atoms with Crippen molar-refractivity contribution in [3.05, 3.63) is 60.1 Å². The number of aromatic nitrogens is 4. The van der Waals surface area contributed by atoms with Gasteiger partial charge in [0, 0.05) is 6.04 Å². The van der Waals surface area contributed by atoms with Gasteiger partial charge in [-0.25, -0.2) is 9.67 Å². The SMILES string of the molecule is Cc1cnc(CN[C@@H](C)c2ccc(-n3ccnn3)cc2)o1. The van der Waals surface area contributed by atoms with Gasteiger partial charge < -0.3 is 9.73 Å². The minimum Gasteiger partial charge on any atom is -0.445 e. The van der Waals surface area contributed by atoms with E-state index in [1.165, 1.54) is 5.56 Å². The van der Waals surface area contributed by atoms with E-state index in [0.717, 1.165) is 11.4 Å². The van der Waals surface area contributed by atoms with Gasteiger partial charge in [-0.2, -0.15) is 0 Å². The van der Waals surface area contributed by atoms with E-state index < -0.39 is 0 Å². The van der Waals surface area contributed by atoms with E-state index in [1.54, 1.807) is 17.1 Å². The molecule has 0 saturated carbocycles. The summed E-state index contributed by atoms with van der Waals surface area (Å²) in [6.45, 7) is 4.61. The molecule has 0 aliphatic carbocycles. The van der Waals surface area contributed by atoms with Crippen LogP contribution in [0.1, 0.15) is 30.2 Å². The zero-order chi connectivity index (χ0) is 14.7. The summed E-state index contributed by atoms with van der Waals surface area (Å²) < 4.78 is 7.18. The molecule has 0 unspecified atom stereocenters. The summed E-state index contributed by atoms with van der Waals surface area (Å²) in [4.78, 5) is 4.18. The second-order valence-electron chi connectivity index (χ2n) is 4.91. The van der Waals surface area contributed by atoms with Crippen molar-refractivity contribution in [2.24, 2.45) is 0 Å². The molecule has 0 aliphatic heterocycles. The zero-order valence-corrected chi connectivity index (χ0v) is 12.0. The summed E-state index contributed by atoms with van der Waals surface area (Å²) in [6, 6.07) is 8.42. The molecule has 0 saturated heterocycles. The van der Waals surface area contributed by atoms with Crippen LogP contribution >= 0.6 is 0 Å². The third kappa shape index (κ3) is 3.17. The van der Waals surface area contributed by atoms with Gasteiger partial charge in [-0.1, -0.05) is 17.3 Å². The lowest BCUT2D eigenvalue weighted by molar-refractivity contribution is 0.432. The minimum atomic E-state index is 0.210. The molecule has 0 bridgehead atoms. The fourth-order valence-electron chi connectivity index (χ4n) is 2.10. The highest BCUT2D eigenvalue weighted by atomic mass is 16.4. The fraction of sp³-hybridized carbons (Fsp3) is 0.267. The lowest BCUT2D eigenvalue weighted by atomic mass is 10.1. The molecule has 3 aromatic rings. The molecule has 6 heteroatoms. The largest absolute Gasteiger partial charge is 0.445 e. The molecule has 108 valence electrons. The van der Waals surface area contributed by atoms with E-state index in [0.29, 0.717) is 12.4 Å². The van der Waals surface area contributed by atoms with Crippen LogP contribution in [0.25, 0.3) is 5.69 Å². The maximum absolute atomic E-state index is 5.45. The number of nitrogens with one attached hydrogen (secondary N) is 1. The van der Waals surface area contributed by atoms with Crippen molar-refractivity contribution < 1.29 is 4.42 Å². The molecular weight excluding hydrogens is 266 g/mol. The van der Waals surface area contributed by atoms with Gasteiger partial charge in [-0.05, 0) is 31.5 Å². The second kappa shape index (κ2) is 5.88. The predicted octanol–water partition coefficient (Wildman–Crippen LogP) is 2.41. The number of hydrogen-bond acceptors (Lipinski definition) is 5. The van der Waals surface area contributed by atoms with Crippen molar-refractivity contribution >= 4 is 0 Å². The molecule has 1 aromatic carbocycles. The van der Waals surface area contributed by atoms with Crippen molar-refractivity contribution in [1.29, 1.82) is 0 Å². The third-order valence-corrected chi connectivity index (χ3v) is 3.31. The first-order chi connectivity index (χ1) is 10.2. The maximum atomic E-state index is 5.45. The van der Waals surface area contributed by atoms with Crippen LogP contribution in [0.5, 0.6) is 0 Å². The Labute approximate surface area is 122 Å². The molecule has 21 heavy (non-hydrogen) atoms. The Bertz CT molecular complexity index is 687. The average molecular weight is 283 g/mol. The predicted molar refractivity (Wildman–Crippen MR) is 77.9 cm³/mol. The van der Waals surface area contributed by atoms with Crippen LogP contribution in [0.2, 0.25) is 0 Å². The Hall–Kier alpha value is -2.47. The van der Waals surface area contributed by atoms with Gasteiger partial charge in [0.15, 0.2) is 0 Å². The summed E-state index contributed by atoms with van der Waals surface area (Å²) in [6.07, 6.45) is 5.21. The molecule has 0 radical (unpaired) electrons. The number of benzene rings is 1. The van der Waals surface area contributed by atoms with Crippen LogP contribution in [0.4, 0.5) is 0 Å². The Balaban J connectivity index is 1.63. The van der Waals surface area contributed by atoms with E-state index >= 15 is 0 Å². The van der Waals surface area contributed by atoms with E-state index in [2.05, 4.69) is 39.7 Å². The number of aryl methyl sites for hydroxylation is 1. The van der Waals surface area contributed by atoms with Crippen LogP contribution < -0.4 is 5.32 Å². The molecule has 1 atom stereocenters. The van der Waals surface area contributed by atoms with Crippen molar-refractivity contribution in [2.45, 2.75) is 26.4 Å². The summed E-state index contributed by atoms with van der Waals surface area (Å²) in [5.41, 5.74) is 2.19. The quantitative estimate of drug-likeness (QED) is 0.778. The van der Waals surface area contributed by atoms with Crippen molar-refractivity contribution in [3.63, 3.8) is 0 Å². The first-order valence-corrected chi connectivity index (χ1v) is 6.84. The highest BCUT2D eigenvalue weighted by Gasteiger charge is 2.07. The molecule has 0 amide bonds. The van der Waals surface area contributed by atoms with Gasteiger partial charge in [0.05, 0.1) is 30.8 Å². The zero-order valence-electron chi connectivity index (χ0n) is 12.0. The molecule has 2 aromatic heterocycles. The van der Waals surface area contributed by atoms with E-state index in [4.69, 9.17) is 4.42 Å². The van der Waals surface area contributed by atoms with Crippen LogP contribution in [0, 0.1) is 6.92 Å². The lowest BCUT2D eigenvalue weighted by Crippen LogP contribution is -2.18. The smallest absolute Gasteiger partial charge is 0.208 e. The van der Waals surface area contributed by atoms with Crippen LogP contribution in [0.3, 0.4) is 0 Å². The number of hydrogen-bond donors (Lipinski definition) is 1. The summed E-state index contributed by atoms with van der Waals surface area (Å²) in [5, 5.41) is 11.2. The number of rotatable bonds is 5. The summed E-state index contributed by atoms with van der Waals surface area (Å²) in [5.74, 6) is 1.54. The monoisotopic (exact) mass is 283 g/mol. The van der Waals surface area contributed by atoms with E-state index in [1.807, 2.05) is 25.3 Å². The first kappa shape index (κ1) is 13.5. The van der Waals surface area contributed by atoms with Gasteiger partial charge in [0.2, 0.25) is 5.89 Å². The molecule has 1 N–H and O–H groups in total. The molecule has 0 aliphatic rings. The molecular formula is C15H17N5O. The average Bonchev–Trinajstić information content (AvgIpc) is 3.16. The van der Waals surface area contributed by atoms with Gasteiger partial charge in [-0.3, -0.25) is 0 Å². The molecule has 2 heterocycles. The third-order valence-electron chi connectivity index (χ3n) is 3.31. The molecule has 0 fully saturated rings. The topological polar surface area (TPSA) is 68.8 Å². The Kier molecular flexibility index (Phi) is 3.79. The first-order valence-electron chi connectivity index (χ1n) is 6.84. The van der Waals surface area contributed by atoms with Crippen LogP contribution in [0.15, 0.2) is 47.3 Å². The highest BCUT2D eigenvalue weighted by molar-refractivity contribution is 5.34. The fourth-order valence-corrected chi connectivity index (χ4v) is 2.10. The van der Waals surface area contributed by atoms with E-state index in [-0.39, 0.29) is 6.04 Å². The maximum Gasteiger partial charge on any atom is 0.208 e. The van der Waals surface area contributed by atoms with Crippen molar-refractivity contribution in [3.8, 4) is 5.69 Å². The standard InChI is InChI=1S/C15H17N5O/c1-11-9-17-15(21-11)10-16-12(2)13-3-5-14(6-4-13)20-8-7-18-19-20/h3-9,12,16H,10H2,1-2H3/t12-/m0/s1. The van der Waals surface area contributed by atoms with Crippen molar-refractivity contribution in [2.75, 3.05) is 0 Å². The second-order valence-corrected chi connectivity index (χ2v) is 4.91. The Morgan fingerprint density at radius 1 is 1.29 bits per heavy atom. The van der Waals surface area contributed by atoms with Crippen LogP contribution in [-0.2, 0) is 6.54 Å². The Morgan fingerprint density at radius 3 is 2.71 bits per heavy atom. The van der Waals surface area contributed by atoms with Crippen LogP contribution in [-0.4, -0.2) is 20.0 Å². The van der Waals surface area contributed by atoms with Crippen molar-refractivity contribution in [1.82, 2.24) is 25.3 Å². The molecule has 0 spiro atoms. The summed E-state index contributed by atoms with van der Waals surface area (Å²) >= 11 is 0. The van der Waals surface area contributed by atoms with Gasteiger partial charge in [-0.15, -0.1) is 5.10 Å². The van der Waals surface area contributed by atoms with E-state index in [9.17, 15) is 0 Å². The normalized spacial score (nSPS) is 12.5. The Morgan fingerprint density at radius 2 is 2.10 bits per heavy atom. The summed E-state index contributed by atoms with van der Waals surface area (Å²) in [7, 11) is 0. The number of nitrogens with zero attached hydrogens (tertiary/aromatic N) is 4. The molecule has 3 rings (SSSR count). The van der Waals surface area contributed by atoms with Gasteiger partial charge >= 0.3 is 0 Å². The highest BCUT2D eigenvalue weighted by Crippen LogP contribution is 2.15. The van der Waals surface area contributed by atoms with Gasteiger partial charge in [0.25, 0.3) is 0 Å². The minimum absolute atomic E-state index is 0.210. The number of oxazole rings is 1.